The molecule has 2 rings (SSSR count). The zero-order valence-corrected chi connectivity index (χ0v) is 8.24. The molecule has 0 radical (unpaired) electrons. The predicted molar refractivity (Wildman–Crippen MR) is 52.2 cm³/mol. The number of hydrogen-bond donors (Lipinski definition) is 1. The van der Waals surface area contributed by atoms with Gasteiger partial charge in [0.25, 0.3) is 0 Å². The fraction of sp³-hybridized carbons (Fsp3) is 0.900. The van der Waals surface area contributed by atoms with Crippen molar-refractivity contribution in [1.29, 1.82) is 0 Å². The van der Waals surface area contributed by atoms with Gasteiger partial charge in [-0.2, -0.15) is 0 Å². The second-order valence-electron chi connectivity index (χ2n) is 4.28. The Labute approximate surface area is 79.4 Å². The first-order chi connectivity index (χ1) is 6.33. The minimum Gasteiger partial charge on any atom is -0.411 e. The van der Waals surface area contributed by atoms with Crippen molar-refractivity contribution in [1.82, 2.24) is 4.90 Å². The van der Waals surface area contributed by atoms with E-state index in [9.17, 15) is 0 Å². The molecule has 1 N–H and O–H groups in total. The van der Waals surface area contributed by atoms with E-state index in [1.165, 1.54) is 32.2 Å². The van der Waals surface area contributed by atoms with Crippen molar-refractivity contribution < 1.29 is 5.21 Å². The van der Waals surface area contributed by atoms with Crippen LogP contribution in [-0.4, -0.2) is 35.5 Å². The van der Waals surface area contributed by atoms with Crippen LogP contribution in [0.15, 0.2) is 5.16 Å². The maximum absolute atomic E-state index is 8.89. The fourth-order valence-corrected chi connectivity index (χ4v) is 2.84. The quantitative estimate of drug-likeness (QED) is 0.457. The molecule has 0 bridgehead atoms. The van der Waals surface area contributed by atoms with Gasteiger partial charge in [0.15, 0.2) is 0 Å². The summed E-state index contributed by atoms with van der Waals surface area (Å²) in [5.74, 6) is 0.539. The molecule has 13 heavy (non-hydrogen) atoms. The summed E-state index contributed by atoms with van der Waals surface area (Å²) in [6.07, 6.45) is 5.93. The first-order valence-electron chi connectivity index (χ1n) is 5.24. The molecule has 1 saturated heterocycles. The van der Waals surface area contributed by atoms with E-state index < -0.39 is 0 Å². The van der Waals surface area contributed by atoms with Gasteiger partial charge in [-0.25, -0.2) is 0 Å². The van der Waals surface area contributed by atoms with E-state index in [4.69, 9.17) is 5.21 Å². The van der Waals surface area contributed by atoms with Gasteiger partial charge in [-0.3, -0.25) is 0 Å². The highest BCUT2D eigenvalue weighted by Gasteiger charge is 2.35. The molecule has 1 aliphatic heterocycles. The zero-order chi connectivity index (χ0) is 9.26. The van der Waals surface area contributed by atoms with Crippen LogP contribution in [0.25, 0.3) is 0 Å². The SMILES string of the molecule is CN1CCC[C@@H]2/C(=N/O)CCC[C@@H]21. The number of rotatable bonds is 0. The summed E-state index contributed by atoms with van der Waals surface area (Å²) in [5.41, 5.74) is 1.04. The van der Waals surface area contributed by atoms with Crippen molar-refractivity contribution in [2.45, 2.75) is 38.1 Å². The molecule has 0 amide bonds. The van der Waals surface area contributed by atoms with Gasteiger partial charge < -0.3 is 10.1 Å². The summed E-state index contributed by atoms with van der Waals surface area (Å²) in [6.45, 7) is 1.21. The van der Waals surface area contributed by atoms with Gasteiger partial charge in [0.2, 0.25) is 0 Å². The monoisotopic (exact) mass is 182 g/mol. The Balaban J connectivity index is 2.14. The van der Waals surface area contributed by atoms with Gasteiger partial charge in [0.05, 0.1) is 5.71 Å². The second kappa shape index (κ2) is 3.66. The van der Waals surface area contributed by atoms with Crippen molar-refractivity contribution in [3.05, 3.63) is 0 Å². The van der Waals surface area contributed by atoms with E-state index >= 15 is 0 Å². The van der Waals surface area contributed by atoms with E-state index in [0.29, 0.717) is 12.0 Å². The number of likely N-dealkylation sites (tertiary alicyclic amines) is 1. The van der Waals surface area contributed by atoms with Crippen molar-refractivity contribution in [3.8, 4) is 0 Å². The maximum Gasteiger partial charge on any atom is 0.0617 e. The first-order valence-corrected chi connectivity index (χ1v) is 5.24. The molecule has 3 heteroatoms. The van der Waals surface area contributed by atoms with Crippen LogP contribution in [0.3, 0.4) is 0 Å². The maximum atomic E-state index is 8.89. The van der Waals surface area contributed by atoms with Gasteiger partial charge in [-0.1, -0.05) is 5.16 Å². The molecule has 74 valence electrons. The second-order valence-corrected chi connectivity index (χ2v) is 4.28. The molecule has 2 atom stereocenters. The molecule has 0 aromatic carbocycles. The minimum atomic E-state index is 0.539. The summed E-state index contributed by atoms with van der Waals surface area (Å²) in [5, 5.41) is 12.3. The lowest BCUT2D eigenvalue weighted by atomic mass is 9.77. The van der Waals surface area contributed by atoms with E-state index in [1.807, 2.05) is 0 Å². The molecule has 0 unspecified atom stereocenters. The molecule has 0 aromatic rings. The molecular formula is C10H18N2O. The summed E-state index contributed by atoms with van der Waals surface area (Å²) in [4.78, 5) is 2.43. The van der Waals surface area contributed by atoms with E-state index in [0.717, 1.165) is 12.1 Å². The van der Waals surface area contributed by atoms with Crippen LogP contribution < -0.4 is 0 Å². The lowest BCUT2D eigenvalue weighted by molar-refractivity contribution is 0.131. The molecule has 3 nitrogen and oxygen atoms in total. The lowest BCUT2D eigenvalue weighted by Gasteiger charge is -2.42. The van der Waals surface area contributed by atoms with Gasteiger partial charge in [-0.15, -0.1) is 0 Å². The normalized spacial score (nSPS) is 39.0. The molecule has 1 saturated carbocycles. The van der Waals surface area contributed by atoms with Crippen LogP contribution in [0.4, 0.5) is 0 Å². The molecule has 2 aliphatic rings. The van der Waals surface area contributed by atoms with Gasteiger partial charge >= 0.3 is 0 Å². The Hall–Kier alpha value is -0.570. The van der Waals surface area contributed by atoms with Crippen LogP contribution in [-0.2, 0) is 0 Å². The Morgan fingerprint density at radius 2 is 2.23 bits per heavy atom. The first kappa shape index (κ1) is 9.00. The predicted octanol–water partition coefficient (Wildman–Crippen LogP) is 1.71. The Morgan fingerprint density at radius 1 is 1.38 bits per heavy atom. The van der Waals surface area contributed by atoms with Crippen LogP contribution in [0, 0.1) is 5.92 Å². The lowest BCUT2D eigenvalue weighted by Crippen LogP contribution is -2.47. The molecule has 1 heterocycles. The largest absolute Gasteiger partial charge is 0.411 e. The van der Waals surface area contributed by atoms with Gasteiger partial charge in [-0.05, 0) is 45.7 Å². The minimum absolute atomic E-state index is 0.539. The number of fused-ring (bicyclic) bond motifs is 1. The van der Waals surface area contributed by atoms with Gasteiger partial charge in [0.1, 0.15) is 0 Å². The fourth-order valence-electron chi connectivity index (χ4n) is 2.84. The number of piperidine rings is 1. The Morgan fingerprint density at radius 3 is 3.00 bits per heavy atom. The van der Waals surface area contributed by atoms with Crippen LogP contribution in [0.1, 0.15) is 32.1 Å². The molecule has 2 fully saturated rings. The number of nitrogens with zero attached hydrogens (tertiary/aromatic N) is 2. The molecular weight excluding hydrogens is 164 g/mol. The number of hydrogen-bond acceptors (Lipinski definition) is 3. The summed E-state index contributed by atoms with van der Waals surface area (Å²) in [6, 6.07) is 0.647. The van der Waals surface area contributed by atoms with Crippen molar-refractivity contribution in [2.75, 3.05) is 13.6 Å². The van der Waals surface area contributed by atoms with E-state index in [1.54, 1.807) is 0 Å². The molecule has 0 aromatic heterocycles. The Kier molecular flexibility index (Phi) is 2.54. The van der Waals surface area contributed by atoms with Crippen molar-refractivity contribution in [3.63, 3.8) is 0 Å². The summed E-state index contributed by atoms with van der Waals surface area (Å²) in [7, 11) is 2.19. The average molecular weight is 182 g/mol. The van der Waals surface area contributed by atoms with Crippen molar-refractivity contribution in [2.24, 2.45) is 11.1 Å². The average Bonchev–Trinajstić information content (AvgIpc) is 2.18. The van der Waals surface area contributed by atoms with Crippen molar-refractivity contribution >= 4 is 5.71 Å². The third-order valence-electron chi connectivity index (χ3n) is 3.55. The Bertz CT molecular complexity index is 215. The third-order valence-corrected chi connectivity index (χ3v) is 3.55. The summed E-state index contributed by atoms with van der Waals surface area (Å²) < 4.78 is 0. The smallest absolute Gasteiger partial charge is 0.0617 e. The third kappa shape index (κ3) is 1.57. The topological polar surface area (TPSA) is 35.8 Å². The highest BCUT2D eigenvalue weighted by molar-refractivity contribution is 5.87. The molecule has 1 aliphatic carbocycles. The summed E-state index contributed by atoms with van der Waals surface area (Å²) >= 11 is 0. The molecule has 0 spiro atoms. The van der Waals surface area contributed by atoms with E-state index in [2.05, 4.69) is 17.1 Å². The van der Waals surface area contributed by atoms with Crippen LogP contribution >= 0.6 is 0 Å². The number of oxime groups is 1. The van der Waals surface area contributed by atoms with E-state index in [-0.39, 0.29) is 0 Å². The van der Waals surface area contributed by atoms with Crippen LogP contribution in [0.5, 0.6) is 0 Å². The van der Waals surface area contributed by atoms with Crippen LogP contribution in [0.2, 0.25) is 0 Å². The highest BCUT2D eigenvalue weighted by atomic mass is 16.4. The zero-order valence-electron chi connectivity index (χ0n) is 8.24. The highest BCUT2D eigenvalue weighted by Crippen LogP contribution is 2.32. The standard InChI is InChI=1S/C10H18N2O/c1-12-7-3-4-8-9(11-13)5-2-6-10(8)12/h8,10,13H,2-7H2,1H3/b11-9+/t8-,10+/m1/s1. The van der Waals surface area contributed by atoms with Gasteiger partial charge in [0, 0.05) is 12.0 Å².